The minimum atomic E-state index is -0.450. The Bertz CT molecular complexity index is 450. The number of piperidine rings is 1. The van der Waals surface area contributed by atoms with Crippen LogP contribution in [0.15, 0.2) is 24.3 Å². The first kappa shape index (κ1) is 14.7. The summed E-state index contributed by atoms with van der Waals surface area (Å²) in [6.07, 6.45) is 3.39. The molecule has 0 radical (unpaired) electrons. The molecular formula is C15H23N3O2. The number of nitrogens with zero attached hydrogens (tertiary/aromatic N) is 1. The predicted molar refractivity (Wildman–Crippen MR) is 81.2 cm³/mol. The molecule has 0 aromatic heterocycles. The minimum Gasteiger partial charge on any atom is -0.453 e. The van der Waals surface area contributed by atoms with Gasteiger partial charge < -0.3 is 15.0 Å². The Morgan fingerprint density at radius 1 is 1.40 bits per heavy atom. The lowest BCUT2D eigenvalue weighted by Crippen LogP contribution is -2.40. The summed E-state index contributed by atoms with van der Waals surface area (Å²) in [6.45, 7) is 2.11. The molecular weight excluding hydrogens is 254 g/mol. The molecule has 2 rings (SSSR count). The first-order chi connectivity index (χ1) is 9.69. The fourth-order valence-electron chi connectivity index (χ4n) is 2.51. The average molecular weight is 277 g/mol. The number of nitrogens with one attached hydrogen (secondary N) is 2. The molecule has 1 fully saturated rings. The largest absolute Gasteiger partial charge is 0.453 e. The molecule has 110 valence electrons. The van der Waals surface area contributed by atoms with Gasteiger partial charge in [0.15, 0.2) is 0 Å². The highest BCUT2D eigenvalue weighted by Crippen LogP contribution is 2.18. The molecule has 1 amide bonds. The topological polar surface area (TPSA) is 53.6 Å². The van der Waals surface area contributed by atoms with Crippen molar-refractivity contribution in [2.24, 2.45) is 0 Å². The number of likely N-dealkylation sites (tertiary alicyclic amines) is 1. The summed E-state index contributed by atoms with van der Waals surface area (Å²) < 4.78 is 4.59. The van der Waals surface area contributed by atoms with Crippen LogP contribution in [-0.2, 0) is 4.74 Å². The molecule has 0 bridgehead atoms. The van der Waals surface area contributed by atoms with Crippen molar-refractivity contribution in [3.63, 3.8) is 0 Å². The van der Waals surface area contributed by atoms with Gasteiger partial charge in [-0.3, -0.25) is 5.32 Å². The third-order valence-corrected chi connectivity index (χ3v) is 3.76. The number of carbonyl (C=O) groups excluding carboxylic acids is 1. The second-order valence-corrected chi connectivity index (χ2v) is 5.21. The van der Waals surface area contributed by atoms with Gasteiger partial charge in [0.25, 0.3) is 0 Å². The van der Waals surface area contributed by atoms with Crippen molar-refractivity contribution in [3.05, 3.63) is 24.3 Å². The summed E-state index contributed by atoms with van der Waals surface area (Å²) in [5, 5.41) is 6.11. The lowest BCUT2D eigenvalue weighted by atomic mass is 10.0. The maximum atomic E-state index is 11.2. The molecule has 2 N–H and O–H groups in total. The van der Waals surface area contributed by atoms with Crippen LogP contribution in [0, 0.1) is 0 Å². The van der Waals surface area contributed by atoms with Gasteiger partial charge >= 0.3 is 6.09 Å². The summed E-state index contributed by atoms with van der Waals surface area (Å²) in [4.78, 5) is 13.6. The highest BCUT2D eigenvalue weighted by Gasteiger charge is 2.18. The molecule has 20 heavy (non-hydrogen) atoms. The van der Waals surface area contributed by atoms with Crippen LogP contribution in [-0.4, -0.2) is 44.3 Å². The molecule has 1 heterocycles. The van der Waals surface area contributed by atoms with Gasteiger partial charge in [-0.25, -0.2) is 4.79 Å². The summed E-state index contributed by atoms with van der Waals surface area (Å²) >= 11 is 0. The van der Waals surface area contributed by atoms with Crippen molar-refractivity contribution in [1.82, 2.24) is 4.90 Å². The van der Waals surface area contributed by atoms with Crippen LogP contribution in [0.4, 0.5) is 16.2 Å². The number of likely N-dealkylation sites (N-methyl/N-ethyl adjacent to an activating group) is 1. The lowest BCUT2D eigenvalue weighted by molar-refractivity contribution is 0.187. The Morgan fingerprint density at radius 2 is 2.20 bits per heavy atom. The van der Waals surface area contributed by atoms with E-state index in [4.69, 9.17) is 0 Å². The van der Waals surface area contributed by atoms with Gasteiger partial charge in [-0.2, -0.15) is 0 Å². The van der Waals surface area contributed by atoms with E-state index in [1.165, 1.54) is 32.9 Å². The molecule has 0 spiro atoms. The quantitative estimate of drug-likeness (QED) is 0.888. The zero-order chi connectivity index (χ0) is 14.4. The van der Waals surface area contributed by atoms with Crippen molar-refractivity contribution < 1.29 is 9.53 Å². The van der Waals surface area contributed by atoms with Crippen LogP contribution in [0.3, 0.4) is 0 Å². The van der Waals surface area contributed by atoms with Gasteiger partial charge in [0.2, 0.25) is 0 Å². The highest BCUT2D eigenvalue weighted by atomic mass is 16.5. The van der Waals surface area contributed by atoms with E-state index in [9.17, 15) is 4.79 Å². The summed E-state index contributed by atoms with van der Waals surface area (Å²) in [5.41, 5.74) is 1.75. The van der Waals surface area contributed by atoms with E-state index < -0.39 is 6.09 Å². The van der Waals surface area contributed by atoms with Crippen LogP contribution in [0.5, 0.6) is 0 Å². The number of benzene rings is 1. The van der Waals surface area contributed by atoms with E-state index >= 15 is 0 Å². The van der Waals surface area contributed by atoms with Crippen molar-refractivity contribution >= 4 is 17.5 Å². The molecule has 1 atom stereocenters. The number of amides is 1. The third kappa shape index (κ3) is 4.13. The van der Waals surface area contributed by atoms with Crippen LogP contribution < -0.4 is 10.6 Å². The van der Waals surface area contributed by atoms with Gasteiger partial charge in [-0.05, 0) is 44.6 Å². The smallest absolute Gasteiger partial charge is 0.411 e. The number of hydrogen-bond donors (Lipinski definition) is 2. The van der Waals surface area contributed by atoms with E-state index in [2.05, 4.69) is 27.3 Å². The normalized spacial score (nSPS) is 19.4. The highest BCUT2D eigenvalue weighted by molar-refractivity contribution is 5.85. The SMILES string of the molecule is COC(=O)Nc1cccc(NCC2CCCCN2C)c1. The molecule has 5 heteroatoms. The number of methoxy groups -OCH3 is 1. The zero-order valence-electron chi connectivity index (χ0n) is 12.2. The van der Waals surface area contributed by atoms with E-state index in [0.717, 1.165) is 17.9 Å². The summed E-state index contributed by atoms with van der Waals surface area (Å²) in [5.74, 6) is 0. The summed E-state index contributed by atoms with van der Waals surface area (Å²) in [6, 6.07) is 8.26. The maximum absolute atomic E-state index is 11.2. The number of anilines is 2. The molecule has 1 aliphatic rings. The molecule has 0 saturated carbocycles. The molecule has 1 aromatic rings. The third-order valence-electron chi connectivity index (χ3n) is 3.76. The molecule has 1 aromatic carbocycles. The van der Waals surface area contributed by atoms with E-state index in [0.29, 0.717) is 6.04 Å². The van der Waals surface area contributed by atoms with Crippen LogP contribution in [0.25, 0.3) is 0 Å². The molecule has 5 nitrogen and oxygen atoms in total. The van der Waals surface area contributed by atoms with Crippen LogP contribution >= 0.6 is 0 Å². The Balaban J connectivity index is 1.89. The molecule has 1 unspecified atom stereocenters. The van der Waals surface area contributed by atoms with Gasteiger partial charge in [0.05, 0.1) is 7.11 Å². The van der Waals surface area contributed by atoms with Crippen molar-refractivity contribution in [2.75, 3.05) is 37.9 Å². The molecule has 1 aliphatic heterocycles. The monoisotopic (exact) mass is 277 g/mol. The average Bonchev–Trinajstić information content (AvgIpc) is 2.47. The van der Waals surface area contributed by atoms with Crippen molar-refractivity contribution in [3.8, 4) is 0 Å². The Kier molecular flexibility index (Phi) is 5.24. The number of rotatable bonds is 4. The Labute approximate surface area is 120 Å². The standard InChI is InChI=1S/C15H23N3O2/c1-18-9-4-3-8-14(18)11-16-12-6-5-7-13(10-12)17-15(19)20-2/h5-7,10,14,16H,3-4,8-9,11H2,1-2H3,(H,17,19). The number of ether oxygens (including phenoxy) is 1. The first-order valence-electron chi connectivity index (χ1n) is 7.08. The first-order valence-corrected chi connectivity index (χ1v) is 7.08. The van der Waals surface area contributed by atoms with Gasteiger partial charge in [-0.1, -0.05) is 12.5 Å². The van der Waals surface area contributed by atoms with Gasteiger partial charge in [0, 0.05) is 24.0 Å². The second-order valence-electron chi connectivity index (χ2n) is 5.21. The van der Waals surface area contributed by atoms with Gasteiger partial charge in [0.1, 0.15) is 0 Å². The van der Waals surface area contributed by atoms with Crippen LogP contribution in [0.2, 0.25) is 0 Å². The molecule has 0 aliphatic carbocycles. The Hall–Kier alpha value is -1.75. The second kappa shape index (κ2) is 7.14. The van der Waals surface area contributed by atoms with Crippen molar-refractivity contribution in [2.45, 2.75) is 25.3 Å². The summed E-state index contributed by atoms with van der Waals surface area (Å²) in [7, 11) is 3.54. The zero-order valence-corrected chi connectivity index (χ0v) is 12.2. The van der Waals surface area contributed by atoms with E-state index in [1.807, 2.05) is 24.3 Å². The minimum absolute atomic E-state index is 0.450. The number of hydrogen-bond acceptors (Lipinski definition) is 4. The lowest BCUT2D eigenvalue weighted by Gasteiger charge is -2.32. The van der Waals surface area contributed by atoms with E-state index in [-0.39, 0.29) is 0 Å². The number of carbonyl (C=O) groups is 1. The van der Waals surface area contributed by atoms with Crippen LogP contribution in [0.1, 0.15) is 19.3 Å². The fraction of sp³-hybridized carbons (Fsp3) is 0.533. The molecule has 1 saturated heterocycles. The van der Waals surface area contributed by atoms with Crippen molar-refractivity contribution in [1.29, 1.82) is 0 Å². The fourth-order valence-corrected chi connectivity index (χ4v) is 2.51. The van der Waals surface area contributed by atoms with E-state index in [1.54, 1.807) is 0 Å². The van der Waals surface area contributed by atoms with Gasteiger partial charge in [-0.15, -0.1) is 0 Å². The maximum Gasteiger partial charge on any atom is 0.411 e. The Morgan fingerprint density at radius 3 is 2.95 bits per heavy atom. The predicted octanol–water partition coefficient (Wildman–Crippen LogP) is 2.76.